The summed E-state index contributed by atoms with van der Waals surface area (Å²) in [7, 11) is 0. The molecule has 0 saturated heterocycles. The Labute approximate surface area is 191 Å². The third-order valence-corrected chi connectivity index (χ3v) is 5.46. The molecule has 1 aromatic carbocycles. The van der Waals surface area contributed by atoms with E-state index in [2.05, 4.69) is 26.1 Å². The Bertz CT molecular complexity index is 677. The Kier molecular flexibility index (Phi) is 11.9. The Morgan fingerprint density at radius 2 is 1.77 bits per heavy atom. The molecule has 0 aromatic heterocycles. The zero-order chi connectivity index (χ0) is 23.4. The van der Waals surface area contributed by atoms with E-state index in [1.165, 1.54) is 0 Å². The summed E-state index contributed by atoms with van der Waals surface area (Å²) >= 11 is 5.89. The van der Waals surface area contributed by atoms with Gasteiger partial charge in [0.25, 0.3) is 0 Å². The maximum atomic E-state index is 12.6. The second-order valence-corrected chi connectivity index (χ2v) is 9.10. The number of hydrogen-bond donors (Lipinski definition) is 2. The zero-order valence-electron chi connectivity index (χ0n) is 19.4. The highest BCUT2D eigenvalue weighted by atomic mass is 35.5. The van der Waals surface area contributed by atoms with Crippen molar-refractivity contribution in [3.05, 3.63) is 34.9 Å². The number of carboxylic acids is 1. The molecule has 1 aromatic rings. The van der Waals surface area contributed by atoms with E-state index in [1.807, 2.05) is 13.8 Å². The maximum Gasteiger partial charge on any atom is 0.409 e. The quantitative estimate of drug-likeness (QED) is 0.256. The van der Waals surface area contributed by atoms with Gasteiger partial charge in [-0.2, -0.15) is 0 Å². The lowest BCUT2D eigenvalue weighted by Crippen LogP contribution is -2.47. The van der Waals surface area contributed by atoms with Crippen LogP contribution >= 0.6 is 11.6 Å². The molecule has 6 nitrogen and oxygen atoms in total. The molecule has 0 aliphatic heterocycles. The van der Waals surface area contributed by atoms with Crippen molar-refractivity contribution in [2.45, 2.75) is 78.4 Å². The number of ether oxygens (including phenoxy) is 2. The largest absolute Gasteiger partial charge is 0.481 e. The summed E-state index contributed by atoms with van der Waals surface area (Å²) < 4.78 is 11.9. The molecule has 2 atom stereocenters. The highest BCUT2D eigenvalue weighted by Crippen LogP contribution is 2.32. The number of carboxylic acid groups (broad SMARTS) is 1. The first-order chi connectivity index (χ1) is 14.6. The van der Waals surface area contributed by atoms with Gasteiger partial charge in [0.05, 0.1) is 12.5 Å². The summed E-state index contributed by atoms with van der Waals surface area (Å²) in [5.74, 6) is -2.44. The molecule has 31 heavy (non-hydrogen) atoms. The molecule has 0 heterocycles. The van der Waals surface area contributed by atoms with Gasteiger partial charge in [0.2, 0.25) is 5.79 Å². The Morgan fingerprint density at radius 1 is 1.13 bits per heavy atom. The molecule has 0 aliphatic carbocycles. The standard InChI is InChI=1S/C24H38ClNO5/c1-6-7-8-15-30-24(18(4)5,16-17(2)3)31-23(29)26-14-13-21(22(27)28)19-9-11-20(25)12-10-19/h9-12,17-18,21H,6-8,13-16H2,1-5H3,(H,26,29)(H,27,28)/t21?,24-/m1/s1. The predicted molar refractivity (Wildman–Crippen MR) is 123 cm³/mol. The monoisotopic (exact) mass is 455 g/mol. The van der Waals surface area contributed by atoms with Gasteiger partial charge >= 0.3 is 12.1 Å². The number of unbranched alkanes of at least 4 members (excludes halogenated alkanes) is 2. The second-order valence-electron chi connectivity index (χ2n) is 8.67. The van der Waals surface area contributed by atoms with E-state index in [0.717, 1.165) is 19.3 Å². The second kappa shape index (κ2) is 13.6. The van der Waals surface area contributed by atoms with Crippen molar-refractivity contribution in [2.75, 3.05) is 13.2 Å². The molecule has 1 unspecified atom stereocenters. The molecule has 0 aliphatic rings. The summed E-state index contributed by atoms with van der Waals surface area (Å²) in [6.45, 7) is 10.9. The number of rotatable bonds is 14. The lowest BCUT2D eigenvalue weighted by molar-refractivity contribution is -0.237. The zero-order valence-corrected chi connectivity index (χ0v) is 20.2. The van der Waals surface area contributed by atoms with E-state index in [0.29, 0.717) is 23.6 Å². The van der Waals surface area contributed by atoms with E-state index in [1.54, 1.807) is 24.3 Å². The number of amides is 1. The minimum atomic E-state index is -1.01. The van der Waals surface area contributed by atoms with Gasteiger partial charge < -0.3 is 19.9 Å². The van der Waals surface area contributed by atoms with Crippen LogP contribution in [0.2, 0.25) is 5.02 Å². The molecule has 176 valence electrons. The van der Waals surface area contributed by atoms with Crippen molar-refractivity contribution in [1.29, 1.82) is 0 Å². The van der Waals surface area contributed by atoms with Gasteiger partial charge in [-0.15, -0.1) is 0 Å². The van der Waals surface area contributed by atoms with Crippen molar-refractivity contribution in [2.24, 2.45) is 11.8 Å². The summed E-state index contributed by atoms with van der Waals surface area (Å²) in [4.78, 5) is 24.3. The van der Waals surface area contributed by atoms with Crippen LogP contribution in [-0.2, 0) is 14.3 Å². The Morgan fingerprint density at radius 3 is 2.29 bits per heavy atom. The lowest BCUT2D eigenvalue weighted by atomic mass is 9.92. The Hall–Kier alpha value is -1.79. The molecule has 7 heteroatoms. The minimum Gasteiger partial charge on any atom is -0.481 e. The first-order valence-corrected chi connectivity index (χ1v) is 11.6. The number of nitrogens with one attached hydrogen (secondary N) is 1. The first-order valence-electron chi connectivity index (χ1n) is 11.2. The minimum absolute atomic E-state index is 0.0249. The van der Waals surface area contributed by atoms with Crippen molar-refractivity contribution in [3.63, 3.8) is 0 Å². The molecular formula is C24H38ClNO5. The summed E-state index contributed by atoms with van der Waals surface area (Å²) in [6, 6.07) is 6.70. The molecule has 1 rings (SSSR count). The van der Waals surface area contributed by atoms with Crippen LogP contribution in [0, 0.1) is 11.8 Å². The first kappa shape index (κ1) is 27.2. The topological polar surface area (TPSA) is 84.9 Å². The smallest absolute Gasteiger partial charge is 0.409 e. The van der Waals surface area contributed by atoms with Crippen molar-refractivity contribution >= 4 is 23.7 Å². The average molecular weight is 456 g/mol. The number of carbonyl (C=O) groups excluding carboxylic acids is 1. The van der Waals surface area contributed by atoms with Crippen molar-refractivity contribution in [3.8, 4) is 0 Å². The SMILES string of the molecule is CCCCCO[C@](CC(C)C)(OC(=O)NCCC(C(=O)O)c1ccc(Cl)cc1)C(C)C. The molecule has 0 spiro atoms. The summed E-state index contributed by atoms with van der Waals surface area (Å²) in [5.41, 5.74) is 0.641. The number of halogens is 1. The van der Waals surface area contributed by atoms with Crippen molar-refractivity contribution in [1.82, 2.24) is 5.32 Å². The highest BCUT2D eigenvalue weighted by Gasteiger charge is 2.40. The average Bonchev–Trinajstić information content (AvgIpc) is 2.68. The van der Waals surface area contributed by atoms with Crippen molar-refractivity contribution < 1.29 is 24.2 Å². The molecule has 1 amide bonds. The normalized spacial score (nSPS) is 14.3. The van der Waals surface area contributed by atoms with Crippen LogP contribution in [0.25, 0.3) is 0 Å². The van der Waals surface area contributed by atoms with Crippen LogP contribution in [0.3, 0.4) is 0 Å². The van der Waals surface area contributed by atoms with E-state index in [4.69, 9.17) is 21.1 Å². The van der Waals surface area contributed by atoms with Crippen LogP contribution in [0.5, 0.6) is 0 Å². The number of carbonyl (C=O) groups is 2. The van der Waals surface area contributed by atoms with Crippen LogP contribution in [0.1, 0.15) is 78.2 Å². The fraction of sp³-hybridized carbons (Fsp3) is 0.667. The van der Waals surface area contributed by atoms with Gasteiger partial charge in [-0.05, 0) is 36.5 Å². The van der Waals surface area contributed by atoms with Gasteiger partial charge in [0, 0.05) is 23.9 Å². The number of aliphatic carboxylic acids is 1. The third kappa shape index (κ3) is 9.48. The van der Waals surface area contributed by atoms with Gasteiger partial charge in [-0.3, -0.25) is 4.79 Å². The Balaban J connectivity index is 2.74. The molecule has 2 N–H and O–H groups in total. The number of benzene rings is 1. The van der Waals surface area contributed by atoms with E-state index < -0.39 is 23.8 Å². The number of hydrogen-bond acceptors (Lipinski definition) is 4. The molecular weight excluding hydrogens is 418 g/mol. The molecule has 0 fully saturated rings. The van der Waals surface area contributed by atoms with E-state index in [-0.39, 0.29) is 24.8 Å². The highest BCUT2D eigenvalue weighted by molar-refractivity contribution is 6.30. The number of alkyl carbamates (subject to hydrolysis) is 1. The van der Waals surface area contributed by atoms with Crippen LogP contribution in [-0.4, -0.2) is 36.1 Å². The van der Waals surface area contributed by atoms with Gasteiger partial charge in [-0.1, -0.05) is 71.2 Å². The van der Waals surface area contributed by atoms with Crippen LogP contribution in [0.15, 0.2) is 24.3 Å². The molecule has 0 radical (unpaired) electrons. The predicted octanol–water partition coefficient (Wildman–Crippen LogP) is 6.23. The van der Waals surface area contributed by atoms with Crippen LogP contribution < -0.4 is 5.32 Å². The third-order valence-electron chi connectivity index (χ3n) is 5.20. The van der Waals surface area contributed by atoms with Gasteiger partial charge in [0.1, 0.15) is 0 Å². The lowest BCUT2D eigenvalue weighted by Gasteiger charge is -2.38. The fourth-order valence-corrected chi connectivity index (χ4v) is 3.58. The summed E-state index contributed by atoms with van der Waals surface area (Å²) in [6.07, 6.45) is 3.29. The molecule has 0 bridgehead atoms. The van der Waals surface area contributed by atoms with E-state index in [9.17, 15) is 14.7 Å². The molecule has 0 saturated carbocycles. The van der Waals surface area contributed by atoms with Gasteiger partial charge in [-0.25, -0.2) is 4.79 Å². The fourth-order valence-electron chi connectivity index (χ4n) is 3.46. The van der Waals surface area contributed by atoms with Gasteiger partial charge in [0.15, 0.2) is 0 Å². The van der Waals surface area contributed by atoms with Crippen LogP contribution in [0.4, 0.5) is 4.79 Å². The van der Waals surface area contributed by atoms with E-state index >= 15 is 0 Å². The maximum absolute atomic E-state index is 12.6. The summed E-state index contributed by atoms with van der Waals surface area (Å²) in [5, 5.41) is 12.8.